The van der Waals surface area contributed by atoms with Gasteiger partial charge in [0.15, 0.2) is 0 Å². The number of carboxylic acid groups (broad SMARTS) is 1. The largest absolute Gasteiger partial charge is 0.478 e. The van der Waals surface area contributed by atoms with Gasteiger partial charge in [0.25, 0.3) is 0 Å². The lowest BCUT2D eigenvalue weighted by Gasteiger charge is -2.23. The zero-order valence-electron chi connectivity index (χ0n) is 9.93. The van der Waals surface area contributed by atoms with Crippen LogP contribution in [-0.2, 0) is 4.65 Å². The highest BCUT2D eigenvalue weighted by atomic mass is 16.4. The molecule has 1 atom stereocenters. The minimum atomic E-state index is -0.872. The van der Waals surface area contributed by atoms with Crippen molar-refractivity contribution in [3.05, 3.63) is 35.4 Å². The molecule has 0 aromatic heterocycles. The molecular formula is C12H16BNO3. The van der Waals surface area contributed by atoms with Crippen LogP contribution in [0.5, 0.6) is 0 Å². The first-order valence-electron chi connectivity index (χ1n) is 5.78. The van der Waals surface area contributed by atoms with Crippen molar-refractivity contribution >= 4 is 13.6 Å². The number of carboxylic acids is 1. The van der Waals surface area contributed by atoms with E-state index in [4.69, 9.17) is 9.76 Å². The smallest absolute Gasteiger partial charge is 0.363 e. The summed E-state index contributed by atoms with van der Waals surface area (Å²) in [6.45, 7) is 1.01. The molecule has 1 saturated heterocycles. The van der Waals surface area contributed by atoms with Crippen LogP contribution in [0.25, 0.3) is 0 Å². The molecule has 1 unspecified atom stereocenters. The summed E-state index contributed by atoms with van der Waals surface area (Å²) in [5.74, 6) is -0.872. The van der Waals surface area contributed by atoms with Crippen molar-refractivity contribution in [3.63, 3.8) is 0 Å². The first-order chi connectivity index (χ1) is 8.22. The van der Waals surface area contributed by atoms with Crippen molar-refractivity contribution in [3.8, 4) is 0 Å². The Kier molecular flexibility index (Phi) is 3.81. The highest BCUT2D eigenvalue weighted by Gasteiger charge is 2.26. The number of benzene rings is 1. The summed E-state index contributed by atoms with van der Waals surface area (Å²) in [4.78, 5) is 13.2. The number of hydrogen-bond donors (Lipinski definition) is 1. The topological polar surface area (TPSA) is 49.8 Å². The molecule has 1 aromatic carbocycles. The maximum atomic E-state index is 10.9. The molecular weight excluding hydrogens is 217 g/mol. The molecule has 2 rings (SSSR count). The zero-order valence-corrected chi connectivity index (χ0v) is 9.93. The summed E-state index contributed by atoms with van der Waals surface area (Å²) in [6.07, 6.45) is 2.19. The third kappa shape index (κ3) is 2.68. The van der Waals surface area contributed by atoms with Crippen LogP contribution in [0.4, 0.5) is 0 Å². The Morgan fingerprint density at radius 1 is 1.59 bits per heavy atom. The summed E-state index contributed by atoms with van der Waals surface area (Å²) in [5.41, 5.74) is 1.42. The van der Waals surface area contributed by atoms with Crippen LogP contribution in [0.3, 0.4) is 0 Å². The highest BCUT2D eigenvalue weighted by molar-refractivity contribution is 6.23. The highest BCUT2D eigenvalue weighted by Crippen LogP contribution is 2.31. The van der Waals surface area contributed by atoms with Crippen LogP contribution in [0, 0.1) is 0 Å². The summed E-state index contributed by atoms with van der Waals surface area (Å²) in [6, 6.07) is 7.48. The standard InChI is InChI=1S/C12H16BNO3/c1-17-13-14-7-3-6-11(14)9-4-2-5-10(8-9)12(15)16/h2,4-5,8,11,13H,3,6-7H2,1H3,(H,15,16). The van der Waals surface area contributed by atoms with Crippen molar-refractivity contribution in [2.24, 2.45) is 0 Å². The second-order valence-electron chi connectivity index (χ2n) is 4.32. The van der Waals surface area contributed by atoms with E-state index in [9.17, 15) is 4.79 Å². The fourth-order valence-electron chi connectivity index (χ4n) is 2.40. The van der Waals surface area contributed by atoms with E-state index in [2.05, 4.69) is 4.81 Å². The van der Waals surface area contributed by atoms with Crippen molar-refractivity contribution in [1.29, 1.82) is 0 Å². The normalized spacial score (nSPS) is 20.4. The van der Waals surface area contributed by atoms with Crippen molar-refractivity contribution in [2.45, 2.75) is 18.9 Å². The number of hydrogen-bond acceptors (Lipinski definition) is 3. The second-order valence-corrected chi connectivity index (χ2v) is 4.32. The second kappa shape index (κ2) is 5.34. The molecule has 1 heterocycles. The van der Waals surface area contributed by atoms with E-state index in [1.54, 1.807) is 19.2 Å². The predicted molar refractivity (Wildman–Crippen MR) is 66.2 cm³/mol. The molecule has 1 fully saturated rings. The molecule has 0 radical (unpaired) electrons. The average Bonchev–Trinajstić information content (AvgIpc) is 2.78. The Hall–Kier alpha value is -1.33. The first-order valence-corrected chi connectivity index (χ1v) is 5.78. The van der Waals surface area contributed by atoms with Gasteiger partial charge < -0.3 is 14.6 Å². The molecule has 0 amide bonds. The van der Waals surface area contributed by atoms with Crippen molar-refractivity contribution < 1.29 is 14.6 Å². The van der Waals surface area contributed by atoms with Crippen LogP contribution < -0.4 is 0 Å². The fourth-order valence-corrected chi connectivity index (χ4v) is 2.40. The van der Waals surface area contributed by atoms with Gasteiger partial charge in [-0.2, -0.15) is 0 Å². The number of nitrogens with zero attached hydrogens (tertiary/aromatic N) is 1. The SMILES string of the molecule is COBN1CCCC1c1cccc(C(=O)O)c1. The Bertz CT molecular complexity index is 410. The third-order valence-corrected chi connectivity index (χ3v) is 3.18. The molecule has 1 aliphatic rings. The number of aromatic carboxylic acids is 1. The Morgan fingerprint density at radius 3 is 3.12 bits per heavy atom. The third-order valence-electron chi connectivity index (χ3n) is 3.18. The molecule has 90 valence electrons. The lowest BCUT2D eigenvalue weighted by atomic mass is 9.99. The van der Waals surface area contributed by atoms with Gasteiger partial charge in [0, 0.05) is 13.2 Å². The van der Waals surface area contributed by atoms with E-state index < -0.39 is 5.97 Å². The van der Waals surface area contributed by atoms with Crippen LogP contribution in [0.15, 0.2) is 24.3 Å². The minimum absolute atomic E-state index is 0.286. The maximum Gasteiger partial charge on any atom is 0.363 e. The molecule has 0 aliphatic carbocycles. The quantitative estimate of drug-likeness (QED) is 0.799. The molecule has 0 saturated carbocycles. The summed E-state index contributed by atoms with van der Waals surface area (Å²) in [7, 11) is 2.28. The van der Waals surface area contributed by atoms with Gasteiger partial charge in [0.05, 0.1) is 5.56 Å². The van der Waals surface area contributed by atoms with E-state index in [0.717, 1.165) is 24.9 Å². The summed E-state index contributed by atoms with van der Waals surface area (Å²) < 4.78 is 5.16. The Balaban J connectivity index is 2.21. The molecule has 5 heteroatoms. The van der Waals surface area contributed by atoms with E-state index >= 15 is 0 Å². The van der Waals surface area contributed by atoms with Gasteiger partial charge in [-0.25, -0.2) is 4.79 Å². The van der Waals surface area contributed by atoms with E-state index in [-0.39, 0.29) is 6.04 Å². The van der Waals surface area contributed by atoms with Gasteiger partial charge in [-0.1, -0.05) is 12.1 Å². The summed E-state index contributed by atoms with van der Waals surface area (Å²) >= 11 is 0. The van der Waals surface area contributed by atoms with Gasteiger partial charge in [0.1, 0.15) is 0 Å². The minimum Gasteiger partial charge on any atom is -0.478 e. The van der Waals surface area contributed by atoms with Gasteiger partial charge in [0.2, 0.25) is 0 Å². The van der Waals surface area contributed by atoms with E-state index in [1.165, 1.54) is 0 Å². The Labute approximate surface area is 101 Å². The number of carbonyl (C=O) groups is 1. The lowest BCUT2D eigenvalue weighted by Crippen LogP contribution is -2.28. The monoisotopic (exact) mass is 233 g/mol. The van der Waals surface area contributed by atoms with Crippen molar-refractivity contribution in [2.75, 3.05) is 13.7 Å². The van der Waals surface area contributed by atoms with Crippen LogP contribution in [0.1, 0.15) is 34.8 Å². The van der Waals surface area contributed by atoms with Gasteiger partial charge in [-0.15, -0.1) is 0 Å². The van der Waals surface area contributed by atoms with Crippen LogP contribution >= 0.6 is 0 Å². The summed E-state index contributed by atoms with van der Waals surface area (Å²) in [5, 5.41) is 8.98. The fraction of sp³-hybridized carbons (Fsp3) is 0.417. The first kappa shape index (κ1) is 12.1. The maximum absolute atomic E-state index is 10.9. The van der Waals surface area contributed by atoms with E-state index in [0.29, 0.717) is 13.2 Å². The van der Waals surface area contributed by atoms with Gasteiger partial charge in [-0.3, -0.25) is 0 Å². The van der Waals surface area contributed by atoms with Crippen LogP contribution in [-0.4, -0.2) is 37.2 Å². The molecule has 0 spiro atoms. The molecule has 1 aromatic rings. The molecule has 1 aliphatic heterocycles. The van der Waals surface area contributed by atoms with Gasteiger partial charge >= 0.3 is 13.6 Å². The lowest BCUT2D eigenvalue weighted by molar-refractivity contribution is 0.0696. The van der Waals surface area contributed by atoms with Crippen LogP contribution in [0.2, 0.25) is 0 Å². The zero-order chi connectivity index (χ0) is 12.3. The van der Waals surface area contributed by atoms with E-state index in [1.807, 2.05) is 12.1 Å². The van der Waals surface area contributed by atoms with Gasteiger partial charge in [-0.05, 0) is 37.1 Å². The Morgan fingerprint density at radius 2 is 2.41 bits per heavy atom. The average molecular weight is 233 g/mol. The predicted octanol–water partition coefficient (Wildman–Crippen LogP) is 1.43. The molecule has 1 N–H and O–H groups in total. The number of rotatable bonds is 4. The van der Waals surface area contributed by atoms with Crippen molar-refractivity contribution in [1.82, 2.24) is 4.81 Å². The molecule has 4 nitrogen and oxygen atoms in total. The molecule has 17 heavy (non-hydrogen) atoms. The molecule has 0 bridgehead atoms.